The second kappa shape index (κ2) is 9.97. The van der Waals surface area contributed by atoms with E-state index in [4.69, 9.17) is 21.1 Å². The van der Waals surface area contributed by atoms with E-state index in [1.807, 2.05) is 12.1 Å². The monoisotopic (exact) mass is 478 g/mol. The Labute approximate surface area is 202 Å². The summed E-state index contributed by atoms with van der Waals surface area (Å²) in [6.45, 7) is 1.74. The Morgan fingerprint density at radius 3 is 2.50 bits per heavy atom. The molecule has 1 aliphatic heterocycles. The molecule has 2 N–H and O–H groups in total. The minimum Gasteiger partial charge on any atom is -0.486 e. The van der Waals surface area contributed by atoms with Crippen molar-refractivity contribution in [1.82, 2.24) is 5.32 Å². The number of carbonyl (C=O) groups excluding carboxylic acids is 3. The number of hydrogen-bond donors (Lipinski definition) is 2. The molecule has 4 rings (SSSR count). The maximum Gasteiger partial charge on any atom is 0.337 e. The van der Waals surface area contributed by atoms with Gasteiger partial charge in [-0.05, 0) is 59.7 Å². The van der Waals surface area contributed by atoms with E-state index in [1.165, 1.54) is 14.0 Å². The molecule has 0 aromatic heterocycles. The number of carbonyl (C=O) groups is 3. The Hall–Kier alpha value is -3.84. The Bertz CT molecular complexity index is 1260. The molecule has 1 heterocycles. The molecule has 0 aliphatic carbocycles. The molecule has 1 atom stereocenters. The summed E-state index contributed by atoms with van der Waals surface area (Å²) in [5.74, 6) is -0.208. The van der Waals surface area contributed by atoms with Crippen molar-refractivity contribution < 1.29 is 23.9 Å². The number of methoxy groups -OCH3 is 1. The van der Waals surface area contributed by atoms with Gasteiger partial charge in [0.1, 0.15) is 11.9 Å². The highest BCUT2D eigenvalue weighted by molar-refractivity contribution is 6.32. The van der Waals surface area contributed by atoms with Crippen LogP contribution in [0.2, 0.25) is 5.02 Å². The fourth-order valence-electron chi connectivity index (χ4n) is 3.83. The van der Waals surface area contributed by atoms with Crippen molar-refractivity contribution in [3.05, 3.63) is 82.4 Å². The minimum absolute atomic E-state index is 0.173. The number of anilines is 1. The zero-order chi connectivity index (χ0) is 24.2. The van der Waals surface area contributed by atoms with Crippen LogP contribution in [-0.2, 0) is 16.0 Å². The van der Waals surface area contributed by atoms with Crippen molar-refractivity contribution >= 4 is 35.1 Å². The van der Waals surface area contributed by atoms with Crippen molar-refractivity contribution in [2.45, 2.75) is 19.4 Å². The lowest BCUT2D eigenvalue weighted by Crippen LogP contribution is -2.34. The van der Waals surface area contributed by atoms with Crippen LogP contribution in [0, 0.1) is 0 Å². The molecular weight excluding hydrogens is 456 g/mol. The van der Waals surface area contributed by atoms with Crippen molar-refractivity contribution in [1.29, 1.82) is 0 Å². The summed E-state index contributed by atoms with van der Waals surface area (Å²) in [7, 11) is 1.35. The zero-order valence-corrected chi connectivity index (χ0v) is 19.4. The van der Waals surface area contributed by atoms with Crippen molar-refractivity contribution in [2.24, 2.45) is 0 Å². The lowest BCUT2D eigenvalue weighted by Gasteiger charge is -2.13. The van der Waals surface area contributed by atoms with Gasteiger partial charge in [0.05, 0.1) is 24.2 Å². The largest absolute Gasteiger partial charge is 0.486 e. The Balaban J connectivity index is 1.42. The quantitative estimate of drug-likeness (QED) is 0.509. The highest BCUT2D eigenvalue weighted by Crippen LogP contribution is 2.39. The Morgan fingerprint density at radius 1 is 1.03 bits per heavy atom. The Kier molecular flexibility index (Phi) is 6.84. The van der Waals surface area contributed by atoms with E-state index in [-0.39, 0.29) is 17.9 Å². The van der Waals surface area contributed by atoms with Crippen LogP contribution in [-0.4, -0.2) is 37.5 Å². The van der Waals surface area contributed by atoms with Gasteiger partial charge >= 0.3 is 5.97 Å². The highest BCUT2D eigenvalue weighted by atomic mass is 35.5. The van der Waals surface area contributed by atoms with Crippen LogP contribution in [0.25, 0.3) is 11.1 Å². The first-order chi connectivity index (χ1) is 16.3. The van der Waals surface area contributed by atoms with Crippen molar-refractivity contribution in [3.63, 3.8) is 0 Å². The number of ether oxygens (including phenoxy) is 2. The third-order valence-electron chi connectivity index (χ3n) is 5.43. The maximum atomic E-state index is 12.5. The van der Waals surface area contributed by atoms with Gasteiger partial charge < -0.3 is 20.1 Å². The molecule has 174 valence electrons. The summed E-state index contributed by atoms with van der Waals surface area (Å²) >= 11 is 6.50. The van der Waals surface area contributed by atoms with E-state index in [1.54, 1.807) is 48.5 Å². The summed E-state index contributed by atoms with van der Waals surface area (Å²) in [6.07, 6.45) is 0.327. The van der Waals surface area contributed by atoms with E-state index in [2.05, 4.69) is 10.6 Å². The average molecular weight is 479 g/mol. The van der Waals surface area contributed by atoms with E-state index < -0.39 is 5.97 Å². The number of benzene rings is 3. The number of hydrogen-bond acceptors (Lipinski definition) is 5. The van der Waals surface area contributed by atoms with E-state index in [0.717, 1.165) is 16.7 Å². The average Bonchev–Trinajstić information content (AvgIpc) is 3.26. The predicted octanol–water partition coefficient (Wildman–Crippen LogP) is 4.49. The van der Waals surface area contributed by atoms with Gasteiger partial charge in [-0.2, -0.15) is 0 Å². The van der Waals surface area contributed by atoms with Gasteiger partial charge in [0.2, 0.25) is 5.91 Å². The van der Waals surface area contributed by atoms with Crippen LogP contribution in [0.4, 0.5) is 5.69 Å². The maximum absolute atomic E-state index is 12.5. The Morgan fingerprint density at radius 2 is 1.79 bits per heavy atom. The molecule has 0 unspecified atom stereocenters. The normalized spacial score (nSPS) is 14.0. The van der Waals surface area contributed by atoms with Gasteiger partial charge in [0.25, 0.3) is 5.91 Å². The number of amides is 2. The first-order valence-corrected chi connectivity index (χ1v) is 11.1. The number of nitrogens with one attached hydrogen (secondary N) is 2. The van der Waals surface area contributed by atoms with Gasteiger partial charge in [-0.3, -0.25) is 9.59 Å². The summed E-state index contributed by atoms with van der Waals surface area (Å²) in [5.41, 5.74) is 4.20. The van der Waals surface area contributed by atoms with Gasteiger partial charge in [-0.25, -0.2) is 4.79 Å². The number of fused-ring (bicyclic) bond motifs is 1. The fraction of sp³-hybridized carbons (Fsp3) is 0.192. The highest BCUT2D eigenvalue weighted by Gasteiger charge is 2.26. The molecule has 0 saturated heterocycles. The molecule has 34 heavy (non-hydrogen) atoms. The van der Waals surface area contributed by atoms with Crippen molar-refractivity contribution in [3.8, 4) is 16.9 Å². The second-order valence-corrected chi connectivity index (χ2v) is 8.34. The molecule has 0 saturated carbocycles. The summed E-state index contributed by atoms with van der Waals surface area (Å²) < 4.78 is 10.8. The predicted molar refractivity (Wildman–Crippen MR) is 129 cm³/mol. The molecule has 2 amide bonds. The molecule has 0 radical (unpaired) electrons. The topological polar surface area (TPSA) is 93.7 Å². The molecule has 8 heteroatoms. The molecule has 0 spiro atoms. The lowest BCUT2D eigenvalue weighted by atomic mass is 9.99. The standard InChI is InChI=1S/C26H23ClN2O5/c1-15(30)29-21-8-6-16(7-9-21)25(31)28-14-22-12-20-11-19(13-23(27)24(20)34-22)17-4-3-5-18(10-17)26(32)33-2/h3-11,13,22H,12,14H2,1-2H3,(H,28,31)(H,29,30)/t22-/m1/s1. The third kappa shape index (κ3) is 5.21. The number of halogens is 1. The molecule has 1 aliphatic rings. The van der Waals surface area contributed by atoms with Crippen LogP contribution < -0.4 is 15.4 Å². The van der Waals surface area contributed by atoms with E-state index >= 15 is 0 Å². The van der Waals surface area contributed by atoms with Gasteiger partial charge in [0.15, 0.2) is 0 Å². The van der Waals surface area contributed by atoms with Gasteiger partial charge in [0, 0.05) is 30.2 Å². The summed E-state index contributed by atoms with van der Waals surface area (Å²) in [4.78, 5) is 35.5. The van der Waals surface area contributed by atoms with Crippen LogP contribution in [0.15, 0.2) is 60.7 Å². The smallest absolute Gasteiger partial charge is 0.337 e. The van der Waals surface area contributed by atoms with E-state index in [0.29, 0.717) is 40.6 Å². The second-order valence-electron chi connectivity index (χ2n) is 7.93. The van der Waals surface area contributed by atoms with Crippen LogP contribution >= 0.6 is 11.6 Å². The van der Waals surface area contributed by atoms with Crippen LogP contribution in [0.3, 0.4) is 0 Å². The van der Waals surface area contributed by atoms with Crippen LogP contribution in [0.1, 0.15) is 33.2 Å². The lowest BCUT2D eigenvalue weighted by molar-refractivity contribution is -0.114. The molecule has 3 aromatic carbocycles. The first-order valence-electron chi connectivity index (χ1n) is 10.7. The molecule has 3 aromatic rings. The molecule has 0 fully saturated rings. The third-order valence-corrected chi connectivity index (χ3v) is 5.71. The first kappa shape index (κ1) is 23.3. The summed E-state index contributed by atoms with van der Waals surface area (Å²) in [5, 5.41) is 6.02. The fourth-order valence-corrected chi connectivity index (χ4v) is 4.11. The minimum atomic E-state index is -0.405. The zero-order valence-electron chi connectivity index (χ0n) is 18.7. The molecule has 7 nitrogen and oxygen atoms in total. The number of esters is 1. The molecule has 0 bridgehead atoms. The SMILES string of the molecule is COC(=O)c1cccc(-c2cc(Cl)c3c(c2)C[C@H](CNC(=O)c2ccc(NC(C)=O)cc2)O3)c1. The van der Waals surface area contributed by atoms with E-state index in [9.17, 15) is 14.4 Å². The molecular formula is C26H23ClN2O5. The number of rotatable bonds is 6. The van der Waals surface area contributed by atoms with Crippen LogP contribution in [0.5, 0.6) is 5.75 Å². The van der Waals surface area contributed by atoms with Crippen molar-refractivity contribution in [2.75, 3.05) is 19.0 Å². The van der Waals surface area contributed by atoms with Gasteiger partial charge in [-0.15, -0.1) is 0 Å². The van der Waals surface area contributed by atoms with Gasteiger partial charge in [-0.1, -0.05) is 23.7 Å². The summed E-state index contributed by atoms with van der Waals surface area (Å²) in [6, 6.07) is 17.6.